The molecule has 0 radical (unpaired) electrons. The van der Waals surface area contributed by atoms with E-state index in [1.807, 2.05) is 58.0 Å². The Balaban J connectivity index is 2.00. The lowest BCUT2D eigenvalue weighted by Crippen LogP contribution is -2.55. The molecule has 0 bridgehead atoms. The first-order valence-electron chi connectivity index (χ1n) is 13.7. The normalized spacial score (nSPS) is 16.5. The second-order valence-corrected chi connectivity index (χ2v) is 11.1. The zero-order chi connectivity index (χ0) is 27.2. The van der Waals surface area contributed by atoms with Crippen LogP contribution in [0.4, 0.5) is 4.79 Å². The molecule has 0 heterocycles. The number of rotatable bonds is 14. The van der Waals surface area contributed by atoms with Gasteiger partial charge in [0, 0.05) is 0 Å². The summed E-state index contributed by atoms with van der Waals surface area (Å²) >= 11 is 0. The standard InChI is InChI=1S/C29H45N3O5/c1-20(2)15-25(27(34)30-24(18-33)17-22-11-7-5-8-12-22)31-28(35)26(16-21(3)4)32-29(36)37-19-23-13-9-6-10-14-23/h6,9-10,13-14,18,20-22,24-26H,5,7-8,11-12,15-17,19H2,1-4H3,(H,30,34)(H,31,35)(H,32,36). The predicted molar refractivity (Wildman–Crippen MR) is 144 cm³/mol. The first kappa shape index (κ1) is 30.3. The second kappa shape index (κ2) is 16.0. The quantitative estimate of drug-likeness (QED) is 0.316. The minimum absolute atomic E-state index is 0.0924. The lowest BCUT2D eigenvalue weighted by Gasteiger charge is -2.27. The van der Waals surface area contributed by atoms with Crippen LogP contribution >= 0.6 is 0 Å². The number of carbonyl (C=O) groups excluding carboxylic acids is 4. The fourth-order valence-corrected chi connectivity index (χ4v) is 4.80. The molecule has 0 aliphatic heterocycles. The summed E-state index contributed by atoms with van der Waals surface area (Å²) in [7, 11) is 0. The monoisotopic (exact) mass is 515 g/mol. The molecular formula is C29H45N3O5. The Morgan fingerprint density at radius 1 is 0.865 bits per heavy atom. The van der Waals surface area contributed by atoms with Crippen LogP contribution in [0.2, 0.25) is 0 Å². The minimum atomic E-state index is -0.852. The molecule has 3 unspecified atom stereocenters. The smallest absolute Gasteiger partial charge is 0.408 e. The lowest BCUT2D eigenvalue weighted by atomic mass is 9.85. The molecule has 3 amide bonds. The van der Waals surface area contributed by atoms with E-state index in [4.69, 9.17) is 4.74 Å². The zero-order valence-corrected chi connectivity index (χ0v) is 22.8. The highest BCUT2D eigenvalue weighted by Gasteiger charge is 2.30. The zero-order valence-electron chi connectivity index (χ0n) is 22.8. The number of amides is 3. The molecule has 1 aliphatic carbocycles. The average molecular weight is 516 g/mol. The van der Waals surface area contributed by atoms with E-state index >= 15 is 0 Å². The lowest BCUT2D eigenvalue weighted by molar-refractivity contribution is -0.131. The maximum Gasteiger partial charge on any atom is 0.408 e. The van der Waals surface area contributed by atoms with Crippen LogP contribution < -0.4 is 16.0 Å². The molecule has 1 aromatic carbocycles. The first-order chi connectivity index (χ1) is 17.7. The average Bonchev–Trinajstić information content (AvgIpc) is 2.86. The Morgan fingerprint density at radius 3 is 2.00 bits per heavy atom. The van der Waals surface area contributed by atoms with Crippen LogP contribution in [0.1, 0.15) is 84.6 Å². The third-order valence-electron chi connectivity index (χ3n) is 6.67. The molecule has 1 aromatic rings. The van der Waals surface area contributed by atoms with Crippen LogP contribution in [-0.4, -0.2) is 42.3 Å². The summed E-state index contributed by atoms with van der Waals surface area (Å²) in [5, 5.41) is 8.34. The van der Waals surface area contributed by atoms with Gasteiger partial charge in [-0.05, 0) is 42.6 Å². The predicted octanol–water partition coefficient (Wildman–Crippen LogP) is 4.51. The summed E-state index contributed by atoms with van der Waals surface area (Å²) in [5.41, 5.74) is 0.842. The SMILES string of the molecule is CC(C)CC(NC(=O)OCc1ccccc1)C(=O)NC(CC(C)C)C(=O)NC(C=O)CC1CCCCC1. The van der Waals surface area contributed by atoms with Gasteiger partial charge in [0.2, 0.25) is 11.8 Å². The van der Waals surface area contributed by atoms with Gasteiger partial charge in [-0.1, -0.05) is 90.1 Å². The molecule has 0 spiro atoms. The van der Waals surface area contributed by atoms with Gasteiger partial charge < -0.3 is 25.5 Å². The molecule has 0 aromatic heterocycles. The molecule has 3 atom stereocenters. The molecular weight excluding hydrogens is 470 g/mol. The largest absolute Gasteiger partial charge is 0.445 e. The van der Waals surface area contributed by atoms with Gasteiger partial charge in [-0.15, -0.1) is 0 Å². The molecule has 8 nitrogen and oxygen atoms in total. The number of benzene rings is 1. The van der Waals surface area contributed by atoms with Crippen molar-refractivity contribution in [2.45, 2.75) is 104 Å². The van der Waals surface area contributed by atoms with Gasteiger partial charge in [-0.25, -0.2) is 4.79 Å². The molecule has 1 fully saturated rings. The fourth-order valence-electron chi connectivity index (χ4n) is 4.80. The summed E-state index contributed by atoms with van der Waals surface area (Å²) in [4.78, 5) is 50.6. The van der Waals surface area contributed by atoms with E-state index in [0.29, 0.717) is 25.2 Å². The van der Waals surface area contributed by atoms with Crippen molar-refractivity contribution in [2.24, 2.45) is 17.8 Å². The first-order valence-corrected chi connectivity index (χ1v) is 13.7. The third kappa shape index (κ3) is 11.8. The molecule has 3 N–H and O–H groups in total. The molecule has 0 saturated heterocycles. The van der Waals surface area contributed by atoms with Crippen LogP contribution in [0.5, 0.6) is 0 Å². The van der Waals surface area contributed by atoms with Crippen molar-refractivity contribution in [2.75, 3.05) is 0 Å². The summed E-state index contributed by atoms with van der Waals surface area (Å²) in [5.74, 6) is -0.121. The van der Waals surface area contributed by atoms with Crippen molar-refractivity contribution >= 4 is 24.2 Å². The Hall–Kier alpha value is -2.90. The van der Waals surface area contributed by atoms with Crippen molar-refractivity contribution in [1.29, 1.82) is 0 Å². The topological polar surface area (TPSA) is 114 Å². The number of hydrogen-bond acceptors (Lipinski definition) is 5. The Labute approximate surface area is 221 Å². The fraction of sp³-hybridized carbons (Fsp3) is 0.655. The van der Waals surface area contributed by atoms with Crippen molar-refractivity contribution < 1.29 is 23.9 Å². The van der Waals surface area contributed by atoms with Crippen LogP contribution in [0.3, 0.4) is 0 Å². The number of alkyl carbamates (subject to hydrolysis) is 1. The van der Waals surface area contributed by atoms with Crippen LogP contribution in [0.25, 0.3) is 0 Å². The van der Waals surface area contributed by atoms with Gasteiger partial charge >= 0.3 is 6.09 Å². The van der Waals surface area contributed by atoms with E-state index < -0.39 is 30.1 Å². The van der Waals surface area contributed by atoms with Gasteiger partial charge in [0.15, 0.2) is 0 Å². The van der Waals surface area contributed by atoms with Crippen LogP contribution in [0.15, 0.2) is 30.3 Å². The number of hydrogen-bond donors (Lipinski definition) is 3. The highest BCUT2D eigenvalue weighted by atomic mass is 16.5. The van der Waals surface area contributed by atoms with E-state index in [1.54, 1.807) is 0 Å². The van der Waals surface area contributed by atoms with Crippen molar-refractivity contribution in [3.05, 3.63) is 35.9 Å². The molecule has 1 saturated carbocycles. The number of carbonyl (C=O) groups is 4. The van der Waals surface area contributed by atoms with Crippen molar-refractivity contribution in [3.63, 3.8) is 0 Å². The Bertz CT molecular complexity index is 852. The van der Waals surface area contributed by atoms with E-state index in [1.165, 1.54) is 6.42 Å². The molecule has 206 valence electrons. The summed E-state index contributed by atoms with van der Waals surface area (Å²) < 4.78 is 5.30. The number of aldehydes is 1. The Morgan fingerprint density at radius 2 is 1.43 bits per heavy atom. The highest BCUT2D eigenvalue weighted by molar-refractivity contribution is 5.92. The van der Waals surface area contributed by atoms with Crippen LogP contribution in [-0.2, 0) is 25.7 Å². The Kier molecular flexibility index (Phi) is 13.2. The van der Waals surface area contributed by atoms with Crippen LogP contribution in [0, 0.1) is 17.8 Å². The maximum atomic E-state index is 13.2. The van der Waals surface area contributed by atoms with E-state index in [9.17, 15) is 19.2 Å². The highest BCUT2D eigenvalue weighted by Crippen LogP contribution is 2.27. The third-order valence-corrected chi connectivity index (χ3v) is 6.67. The van der Waals surface area contributed by atoms with Gasteiger partial charge in [-0.2, -0.15) is 0 Å². The molecule has 37 heavy (non-hydrogen) atoms. The number of ether oxygens (including phenoxy) is 1. The summed E-state index contributed by atoms with van der Waals surface area (Å²) in [6, 6.07) is 7.06. The van der Waals surface area contributed by atoms with Gasteiger partial charge in [0.1, 0.15) is 25.0 Å². The maximum absolute atomic E-state index is 13.2. The minimum Gasteiger partial charge on any atom is -0.445 e. The molecule has 2 rings (SSSR count). The van der Waals surface area contributed by atoms with E-state index in [0.717, 1.165) is 37.5 Å². The van der Waals surface area contributed by atoms with E-state index in [2.05, 4.69) is 16.0 Å². The second-order valence-electron chi connectivity index (χ2n) is 11.1. The van der Waals surface area contributed by atoms with Gasteiger partial charge in [0.25, 0.3) is 0 Å². The summed E-state index contributed by atoms with van der Waals surface area (Å²) in [6.07, 6.45) is 7.24. The van der Waals surface area contributed by atoms with Crippen molar-refractivity contribution in [1.82, 2.24) is 16.0 Å². The summed E-state index contributed by atoms with van der Waals surface area (Å²) in [6.45, 7) is 7.94. The van der Waals surface area contributed by atoms with E-state index in [-0.39, 0.29) is 24.3 Å². The number of nitrogens with one attached hydrogen (secondary N) is 3. The van der Waals surface area contributed by atoms with Gasteiger partial charge in [0.05, 0.1) is 6.04 Å². The van der Waals surface area contributed by atoms with Gasteiger partial charge in [-0.3, -0.25) is 9.59 Å². The van der Waals surface area contributed by atoms with Crippen molar-refractivity contribution in [3.8, 4) is 0 Å². The molecule has 8 heteroatoms. The molecule has 1 aliphatic rings.